The molecule has 2 saturated heterocycles. The third kappa shape index (κ3) is 4.59. The van der Waals surface area contributed by atoms with Gasteiger partial charge in [0.25, 0.3) is 5.91 Å². The molecule has 3 aromatic heterocycles. The van der Waals surface area contributed by atoms with Crippen molar-refractivity contribution in [3.05, 3.63) is 71.2 Å². The van der Waals surface area contributed by atoms with Gasteiger partial charge < -0.3 is 9.64 Å². The molecule has 1 saturated carbocycles. The summed E-state index contributed by atoms with van der Waals surface area (Å²) in [5.41, 5.74) is 2.60. The van der Waals surface area contributed by atoms with Gasteiger partial charge >= 0.3 is 6.18 Å². The second-order valence-corrected chi connectivity index (χ2v) is 9.26. The van der Waals surface area contributed by atoms with E-state index in [1.54, 1.807) is 12.3 Å². The Morgan fingerprint density at radius 3 is 2.57 bits per heavy atom. The molecular weight excluding hydrogens is 457 g/mol. The van der Waals surface area contributed by atoms with E-state index in [-0.39, 0.29) is 29.9 Å². The Morgan fingerprint density at radius 2 is 1.89 bits per heavy atom. The van der Waals surface area contributed by atoms with Gasteiger partial charge in [-0.1, -0.05) is 6.07 Å². The highest BCUT2D eigenvalue weighted by Crippen LogP contribution is 2.39. The number of hydrogen-bond donors (Lipinski definition) is 0. The lowest BCUT2D eigenvalue weighted by Crippen LogP contribution is -2.59. The van der Waals surface area contributed by atoms with E-state index in [0.717, 1.165) is 42.8 Å². The lowest BCUT2D eigenvalue weighted by molar-refractivity contribution is -0.137. The molecule has 3 fully saturated rings. The SMILES string of the molecule is Cc1ccc(C(=O)N2C[C@H]3CC[C@H]2[C@H](Oc2ccc(C(F)(F)F)cn2)C3)c(-c2ncccc2C)n1. The van der Waals surface area contributed by atoms with E-state index >= 15 is 0 Å². The molecule has 0 unspecified atom stereocenters. The number of hydrogen-bond acceptors (Lipinski definition) is 5. The summed E-state index contributed by atoms with van der Waals surface area (Å²) in [6.07, 6.45) is 0.142. The van der Waals surface area contributed by atoms with Crippen LogP contribution in [0.3, 0.4) is 0 Å². The highest BCUT2D eigenvalue weighted by molar-refractivity contribution is 6.00. The van der Waals surface area contributed by atoms with Crippen LogP contribution >= 0.6 is 0 Å². The van der Waals surface area contributed by atoms with Crippen LogP contribution in [-0.4, -0.2) is 44.4 Å². The molecule has 0 N–H and O–H groups in total. The molecule has 2 bridgehead atoms. The molecule has 2 aliphatic heterocycles. The Labute approximate surface area is 201 Å². The molecule has 1 aliphatic carbocycles. The summed E-state index contributed by atoms with van der Waals surface area (Å²) in [4.78, 5) is 28.6. The quantitative estimate of drug-likeness (QED) is 0.508. The minimum Gasteiger partial charge on any atom is -0.472 e. The van der Waals surface area contributed by atoms with Crippen molar-refractivity contribution in [2.75, 3.05) is 6.54 Å². The van der Waals surface area contributed by atoms with Crippen LogP contribution in [0.25, 0.3) is 11.4 Å². The fourth-order valence-electron chi connectivity index (χ4n) is 5.06. The number of ether oxygens (including phenoxy) is 1. The Kier molecular flexibility index (Phi) is 5.94. The average molecular weight is 483 g/mol. The van der Waals surface area contributed by atoms with Crippen molar-refractivity contribution in [1.29, 1.82) is 0 Å². The summed E-state index contributed by atoms with van der Waals surface area (Å²) < 4.78 is 44.6. The first-order valence-corrected chi connectivity index (χ1v) is 11.6. The fourth-order valence-corrected chi connectivity index (χ4v) is 5.06. The first kappa shape index (κ1) is 23.3. The fraction of sp³-hybridized carbons (Fsp3) is 0.385. The van der Waals surface area contributed by atoms with Crippen LogP contribution in [0.15, 0.2) is 48.8 Å². The second kappa shape index (κ2) is 8.94. The lowest BCUT2D eigenvalue weighted by Gasteiger charge is -2.49. The van der Waals surface area contributed by atoms with Crippen molar-refractivity contribution >= 4 is 5.91 Å². The standard InChI is InChI=1S/C26H25F3N4O2/c1-15-4-3-11-30-23(15)24-19(8-5-16(2)32-24)25(34)33-14-17-6-9-20(33)21(12-17)35-22-10-7-18(13-31-22)26(27,28)29/h3-5,7-8,10-11,13,17,20-21H,6,9,12,14H2,1-2H3/t17-,20-,21+/m0/s1. The maximum atomic E-state index is 13.8. The monoisotopic (exact) mass is 482 g/mol. The van der Waals surface area contributed by atoms with Gasteiger partial charge in [0.1, 0.15) is 11.8 Å². The predicted octanol–water partition coefficient (Wildman–Crippen LogP) is 5.25. The topological polar surface area (TPSA) is 68.2 Å². The molecule has 3 aliphatic rings. The Hall–Kier alpha value is -3.49. The summed E-state index contributed by atoms with van der Waals surface area (Å²) in [5, 5.41) is 0. The molecule has 182 valence electrons. The van der Waals surface area contributed by atoms with Gasteiger partial charge in [0, 0.05) is 30.7 Å². The van der Waals surface area contributed by atoms with Crippen molar-refractivity contribution in [2.45, 2.75) is 51.4 Å². The van der Waals surface area contributed by atoms with Gasteiger partial charge in [-0.2, -0.15) is 13.2 Å². The highest BCUT2D eigenvalue weighted by Gasteiger charge is 2.45. The zero-order valence-electron chi connectivity index (χ0n) is 19.4. The van der Waals surface area contributed by atoms with Crippen LogP contribution < -0.4 is 4.74 Å². The third-order valence-corrected chi connectivity index (χ3v) is 6.82. The number of aromatic nitrogens is 3. The summed E-state index contributed by atoms with van der Waals surface area (Å²) >= 11 is 0. The molecule has 35 heavy (non-hydrogen) atoms. The van der Waals surface area contributed by atoms with E-state index < -0.39 is 11.7 Å². The minimum atomic E-state index is -4.45. The molecule has 0 radical (unpaired) electrons. The molecule has 6 rings (SSSR count). The smallest absolute Gasteiger partial charge is 0.417 e. The van der Waals surface area contributed by atoms with Crippen molar-refractivity contribution in [2.24, 2.45) is 5.92 Å². The molecule has 0 aromatic carbocycles. The first-order valence-electron chi connectivity index (χ1n) is 11.6. The van der Waals surface area contributed by atoms with E-state index in [2.05, 4.69) is 15.0 Å². The van der Waals surface area contributed by atoms with Crippen molar-refractivity contribution in [3.8, 4) is 17.3 Å². The largest absolute Gasteiger partial charge is 0.472 e. The Balaban J connectivity index is 1.41. The number of aryl methyl sites for hydroxylation is 2. The summed E-state index contributed by atoms with van der Waals surface area (Å²) in [6, 6.07) is 9.40. The summed E-state index contributed by atoms with van der Waals surface area (Å²) in [7, 11) is 0. The molecule has 1 amide bonds. The van der Waals surface area contributed by atoms with Crippen LogP contribution in [-0.2, 0) is 6.18 Å². The second-order valence-electron chi connectivity index (χ2n) is 9.26. The number of alkyl halides is 3. The van der Waals surface area contributed by atoms with Gasteiger partial charge in [0.05, 0.1) is 22.9 Å². The number of amides is 1. The van der Waals surface area contributed by atoms with Crippen LogP contribution in [0.2, 0.25) is 0 Å². The van der Waals surface area contributed by atoms with Crippen molar-refractivity contribution in [3.63, 3.8) is 0 Å². The van der Waals surface area contributed by atoms with Gasteiger partial charge in [0.15, 0.2) is 0 Å². The molecule has 6 nitrogen and oxygen atoms in total. The number of halogens is 3. The number of piperidine rings is 2. The van der Waals surface area contributed by atoms with E-state index in [1.807, 2.05) is 36.9 Å². The first-order chi connectivity index (χ1) is 16.7. The molecule has 3 atom stereocenters. The van der Waals surface area contributed by atoms with Crippen LogP contribution in [0.1, 0.15) is 46.4 Å². The van der Waals surface area contributed by atoms with Gasteiger partial charge in [-0.15, -0.1) is 0 Å². The molecule has 5 heterocycles. The van der Waals surface area contributed by atoms with Gasteiger partial charge in [-0.05, 0) is 68.9 Å². The van der Waals surface area contributed by atoms with E-state index in [0.29, 0.717) is 23.5 Å². The molecular formula is C26H25F3N4O2. The summed E-state index contributed by atoms with van der Waals surface area (Å²) in [5.74, 6) is 0.243. The number of carbonyl (C=O) groups is 1. The Bertz CT molecular complexity index is 1250. The zero-order chi connectivity index (χ0) is 24.7. The van der Waals surface area contributed by atoms with E-state index in [4.69, 9.17) is 4.74 Å². The molecule has 3 aromatic rings. The van der Waals surface area contributed by atoms with E-state index in [1.165, 1.54) is 6.07 Å². The van der Waals surface area contributed by atoms with Crippen LogP contribution in [0.4, 0.5) is 13.2 Å². The molecule has 9 heteroatoms. The molecule has 0 spiro atoms. The van der Waals surface area contributed by atoms with Crippen molar-refractivity contribution < 1.29 is 22.7 Å². The number of rotatable bonds is 4. The zero-order valence-corrected chi connectivity index (χ0v) is 19.4. The van der Waals surface area contributed by atoms with Crippen LogP contribution in [0, 0.1) is 19.8 Å². The number of nitrogens with zero attached hydrogens (tertiary/aromatic N) is 4. The lowest BCUT2D eigenvalue weighted by atomic mass is 9.77. The van der Waals surface area contributed by atoms with E-state index in [9.17, 15) is 18.0 Å². The number of fused-ring (bicyclic) bond motifs is 3. The maximum absolute atomic E-state index is 13.8. The summed E-state index contributed by atoms with van der Waals surface area (Å²) in [6.45, 7) is 4.42. The van der Waals surface area contributed by atoms with Crippen molar-refractivity contribution in [1.82, 2.24) is 19.9 Å². The average Bonchev–Trinajstić information content (AvgIpc) is 2.84. The van der Waals surface area contributed by atoms with Gasteiger partial charge in [0.2, 0.25) is 5.88 Å². The number of carbonyl (C=O) groups excluding carboxylic acids is 1. The number of pyridine rings is 3. The predicted molar refractivity (Wildman–Crippen MR) is 123 cm³/mol. The van der Waals surface area contributed by atoms with Crippen LogP contribution in [0.5, 0.6) is 5.88 Å². The third-order valence-electron chi connectivity index (χ3n) is 6.82. The van der Waals surface area contributed by atoms with Gasteiger partial charge in [-0.3, -0.25) is 14.8 Å². The Morgan fingerprint density at radius 1 is 1.06 bits per heavy atom. The maximum Gasteiger partial charge on any atom is 0.417 e. The normalized spacial score (nSPS) is 21.7. The highest BCUT2D eigenvalue weighted by atomic mass is 19.4. The minimum absolute atomic E-state index is 0.129. The van der Waals surface area contributed by atoms with Gasteiger partial charge in [-0.25, -0.2) is 4.98 Å².